The molecule has 0 aliphatic rings. The maximum atomic E-state index is 12.7. The molecule has 2 amide bonds. The molecule has 4 heteroatoms. The zero-order chi connectivity index (χ0) is 20.6. The summed E-state index contributed by atoms with van der Waals surface area (Å²) in [6.07, 6.45) is 0. The van der Waals surface area contributed by atoms with Gasteiger partial charge in [0.15, 0.2) is 0 Å². The Balaban J connectivity index is 1.68. The summed E-state index contributed by atoms with van der Waals surface area (Å²) in [5, 5.41) is 5.88. The first-order chi connectivity index (χ1) is 14.0. The van der Waals surface area contributed by atoms with Crippen LogP contribution in [0.3, 0.4) is 0 Å². The lowest BCUT2D eigenvalue weighted by molar-refractivity contribution is -0.118. The summed E-state index contributed by atoms with van der Waals surface area (Å²) in [5.41, 5.74) is 3.57. The highest BCUT2D eigenvalue weighted by Gasteiger charge is 2.16. The molecule has 148 valence electrons. The number of hydrogen-bond acceptors (Lipinski definition) is 2. The van der Waals surface area contributed by atoms with E-state index < -0.39 is 0 Å². The number of carbonyl (C=O) groups excluding carboxylic acids is 2. The van der Waals surface area contributed by atoms with E-state index in [0.29, 0.717) is 17.8 Å². The van der Waals surface area contributed by atoms with Crippen LogP contribution in [0.15, 0.2) is 84.9 Å². The lowest BCUT2D eigenvalue weighted by Crippen LogP contribution is -2.29. The van der Waals surface area contributed by atoms with Gasteiger partial charge in [0.05, 0.1) is 0 Å². The molecule has 0 aliphatic carbocycles. The van der Waals surface area contributed by atoms with Gasteiger partial charge in [-0.15, -0.1) is 0 Å². The van der Waals surface area contributed by atoms with Gasteiger partial charge in [0.1, 0.15) is 0 Å². The summed E-state index contributed by atoms with van der Waals surface area (Å²) >= 11 is 0. The molecule has 0 aromatic heterocycles. The van der Waals surface area contributed by atoms with Gasteiger partial charge in [-0.2, -0.15) is 0 Å². The predicted molar refractivity (Wildman–Crippen MR) is 117 cm³/mol. The van der Waals surface area contributed by atoms with Crippen molar-refractivity contribution >= 4 is 17.5 Å². The van der Waals surface area contributed by atoms with Crippen molar-refractivity contribution in [3.8, 4) is 0 Å². The van der Waals surface area contributed by atoms with Crippen LogP contribution >= 0.6 is 0 Å². The Bertz CT molecular complexity index is 896. The molecule has 0 spiro atoms. The number of nitrogens with one attached hydrogen (secondary N) is 2. The Labute approximate surface area is 172 Å². The van der Waals surface area contributed by atoms with Crippen molar-refractivity contribution in [3.63, 3.8) is 0 Å². The summed E-state index contributed by atoms with van der Waals surface area (Å²) in [6.45, 7) is 4.18. The second-order valence-corrected chi connectivity index (χ2v) is 7.31. The quantitative estimate of drug-likeness (QED) is 0.610. The van der Waals surface area contributed by atoms with Gasteiger partial charge in [-0.3, -0.25) is 9.59 Å². The van der Waals surface area contributed by atoms with E-state index in [2.05, 4.69) is 34.9 Å². The first-order valence-corrected chi connectivity index (χ1v) is 9.83. The summed E-state index contributed by atoms with van der Waals surface area (Å²) in [4.78, 5) is 24.4. The number of anilines is 1. The second-order valence-electron chi connectivity index (χ2n) is 7.31. The first-order valence-electron chi connectivity index (χ1n) is 9.83. The number of amides is 2. The molecule has 3 aromatic carbocycles. The van der Waals surface area contributed by atoms with E-state index in [1.54, 1.807) is 24.3 Å². The molecule has 29 heavy (non-hydrogen) atoms. The second kappa shape index (κ2) is 9.69. The minimum atomic E-state index is -0.136. The summed E-state index contributed by atoms with van der Waals surface area (Å²) < 4.78 is 0. The minimum Gasteiger partial charge on any atom is -0.351 e. The third kappa shape index (κ3) is 5.55. The first kappa shape index (κ1) is 20.3. The Hall–Kier alpha value is -3.40. The van der Waals surface area contributed by atoms with E-state index >= 15 is 0 Å². The van der Waals surface area contributed by atoms with E-state index in [9.17, 15) is 9.59 Å². The lowest BCUT2D eigenvalue weighted by atomic mass is 9.91. The normalized spacial score (nSPS) is 10.8. The third-order valence-electron chi connectivity index (χ3n) is 4.81. The molecule has 0 radical (unpaired) electrons. The zero-order valence-electron chi connectivity index (χ0n) is 16.8. The Morgan fingerprint density at radius 2 is 1.28 bits per heavy atom. The van der Waals surface area contributed by atoms with Crippen LogP contribution in [-0.4, -0.2) is 18.4 Å². The average Bonchev–Trinajstić information content (AvgIpc) is 2.75. The number of hydrogen-bond donors (Lipinski definition) is 2. The van der Waals surface area contributed by atoms with Gasteiger partial charge in [-0.25, -0.2) is 0 Å². The van der Waals surface area contributed by atoms with E-state index in [0.717, 1.165) is 11.1 Å². The topological polar surface area (TPSA) is 58.2 Å². The van der Waals surface area contributed by atoms with Crippen molar-refractivity contribution in [2.24, 2.45) is 5.92 Å². The van der Waals surface area contributed by atoms with E-state index in [4.69, 9.17) is 0 Å². The average molecular weight is 386 g/mol. The van der Waals surface area contributed by atoms with Crippen LogP contribution in [0.2, 0.25) is 0 Å². The van der Waals surface area contributed by atoms with Gasteiger partial charge in [0, 0.05) is 29.6 Å². The van der Waals surface area contributed by atoms with Gasteiger partial charge in [-0.1, -0.05) is 74.5 Å². The van der Waals surface area contributed by atoms with Crippen molar-refractivity contribution in [3.05, 3.63) is 102 Å². The van der Waals surface area contributed by atoms with Gasteiger partial charge in [0.25, 0.3) is 5.91 Å². The maximum absolute atomic E-state index is 12.7. The van der Waals surface area contributed by atoms with Crippen molar-refractivity contribution < 1.29 is 9.59 Å². The fourth-order valence-electron chi connectivity index (χ4n) is 3.09. The van der Waals surface area contributed by atoms with E-state index in [1.165, 1.54) is 0 Å². The Kier molecular flexibility index (Phi) is 6.80. The molecule has 0 fully saturated rings. The number of rotatable bonds is 7. The fraction of sp³-hybridized carbons (Fsp3) is 0.200. The summed E-state index contributed by atoms with van der Waals surface area (Å²) in [6, 6.07) is 27.3. The largest absolute Gasteiger partial charge is 0.351 e. The maximum Gasteiger partial charge on any atom is 0.251 e. The highest BCUT2D eigenvalue weighted by molar-refractivity contribution is 5.96. The molecule has 0 atom stereocenters. The van der Waals surface area contributed by atoms with Gasteiger partial charge >= 0.3 is 0 Å². The van der Waals surface area contributed by atoms with E-state index in [-0.39, 0.29) is 23.7 Å². The van der Waals surface area contributed by atoms with Crippen molar-refractivity contribution in [1.29, 1.82) is 0 Å². The molecule has 0 saturated carbocycles. The van der Waals surface area contributed by atoms with Crippen molar-refractivity contribution in [1.82, 2.24) is 5.32 Å². The molecular weight excluding hydrogens is 360 g/mol. The molecule has 2 N–H and O–H groups in total. The van der Waals surface area contributed by atoms with Gasteiger partial charge in [0.2, 0.25) is 5.91 Å². The van der Waals surface area contributed by atoms with Crippen molar-refractivity contribution in [2.45, 2.75) is 19.8 Å². The Morgan fingerprint density at radius 1 is 0.759 bits per heavy atom. The van der Waals surface area contributed by atoms with Crippen LogP contribution in [0.4, 0.5) is 5.69 Å². The molecule has 0 aliphatic heterocycles. The van der Waals surface area contributed by atoms with Crippen molar-refractivity contribution in [2.75, 3.05) is 11.9 Å². The van der Waals surface area contributed by atoms with Gasteiger partial charge < -0.3 is 10.6 Å². The van der Waals surface area contributed by atoms with Gasteiger partial charge in [-0.05, 0) is 35.4 Å². The standard InChI is InChI=1S/C25H26N2O2/c1-18(2)24(28)27-22-15-13-21(14-16-22)25(29)26-17-23(19-9-5-3-6-10-19)20-11-7-4-8-12-20/h3-16,18,23H,17H2,1-2H3,(H,26,29)(H,27,28). The van der Waals surface area contributed by atoms with Crippen LogP contribution < -0.4 is 10.6 Å². The molecule has 0 saturated heterocycles. The van der Waals surface area contributed by atoms with E-state index in [1.807, 2.05) is 50.2 Å². The van der Waals surface area contributed by atoms with Crippen LogP contribution in [0.1, 0.15) is 41.3 Å². The smallest absolute Gasteiger partial charge is 0.251 e. The Morgan fingerprint density at radius 3 is 1.76 bits per heavy atom. The lowest BCUT2D eigenvalue weighted by Gasteiger charge is -2.19. The molecule has 0 unspecified atom stereocenters. The fourth-order valence-corrected chi connectivity index (χ4v) is 3.09. The number of benzene rings is 3. The molecule has 3 rings (SSSR count). The SMILES string of the molecule is CC(C)C(=O)Nc1ccc(C(=O)NCC(c2ccccc2)c2ccccc2)cc1. The molecule has 0 heterocycles. The molecule has 3 aromatic rings. The monoisotopic (exact) mass is 386 g/mol. The highest BCUT2D eigenvalue weighted by Crippen LogP contribution is 2.24. The van der Waals surface area contributed by atoms with Crippen LogP contribution in [0.5, 0.6) is 0 Å². The number of carbonyl (C=O) groups is 2. The minimum absolute atomic E-state index is 0.0456. The summed E-state index contributed by atoms with van der Waals surface area (Å²) in [5.74, 6) is -0.198. The summed E-state index contributed by atoms with van der Waals surface area (Å²) in [7, 11) is 0. The molecule has 0 bridgehead atoms. The third-order valence-corrected chi connectivity index (χ3v) is 4.81. The predicted octanol–water partition coefficient (Wildman–Crippen LogP) is 4.84. The molecular formula is C25H26N2O2. The van der Waals surface area contributed by atoms with Crippen LogP contribution in [0.25, 0.3) is 0 Å². The zero-order valence-corrected chi connectivity index (χ0v) is 16.8. The van der Waals surface area contributed by atoms with Crippen LogP contribution in [0, 0.1) is 5.92 Å². The molecule has 4 nitrogen and oxygen atoms in total. The van der Waals surface area contributed by atoms with Crippen LogP contribution in [-0.2, 0) is 4.79 Å². The highest BCUT2D eigenvalue weighted by atomic mass is 16.2.